The van der Waals surface area contributed by atoms with Gasteiger partial charge in [0.1, 0.15) is 6.61 Å². The predicted octanol–water partition coefficient (Wildman–Crippen LogP) is 3.32. The lowest BCUT2D eigenvalue weighted by molar-refractivity contribution is 0.274. The van der Waals surface area contributed by atoms with Gasteiger partial charge < -0.3 is 10.1 Å². The Morgan fingerprint density at radius 3 is 2.50 bits per heavy atom. The molecule has 0 fully saturated rings. The normalized spacial score (nSPS) is 10.6. The molecule has 0 atom stereocenters. The van der Waals surface area contributed by atoms with E-state index in [2.05, 4.69) is 5.32 Å². The summed E-state index contributed by atoms with van der Waals surface area (Å²) in [6, 6.07) is 4.42. The third-order valence-corrected chi connectivity index (χ3v) is 3.13. The number of halogens is 2. The summed E-state index contributed by atoms with van der Waals surface area (Å²) in [5, 5.41) is 6.61. The average molecular weight is 269 g/mol. The van der Waals surface area contributed by atoms with Gasteiger partial charge in [-0.25, -0.2) is 8.78 Å². The van der Waals surface area contributed by atoms with Crippen molar-refractivity contribution in [1.29, 1.82) is 0 Å². The summed E-state index contributed by atoms with van der Waals surface area (Å²) in [7, 11) is 1.72. The molecule has 0 spiro atoms. The molecule has 2 rings (SSSR count). The molecule has 2 aromatic rings. The molecule has 1 N–H and O–H groups in total. The molecule has 0 saturated carbocycles. The minimum absolute atomic E-state index is 0.169. The van der Waals surface area contributed by atoms with E-state index >= 15 is 0 Å². The van der Waals surface area contributed by atoms with Crippen molar-refractivity contribution < 1.29 is 13.5 Å². The summed E-state index contributed by atoms with van der Waals surface area (Å²) < 4.78 is 32.5. The first kappa shape index (κ1) is 13.0. The molecule has 0 aliphatic heterocycles. The zero-order valence-corrected chi connectivity index (χ0v) is 10.7. The summed E-state index contributed by atoms with van der Waals surface area (Å²) in [5.74, 6) is -1.66. The zero-order chi connectivity index (χ0) is 13.0. The van der Waals surface area contributed by atoms with Gasteiger partial charge in [-0.1, -0.05) is 0 Å². The van der Waals surface area contributed by atoms with Crippen LogP contribution >= 0.6 is 11.3 Å². The van der Waals surface area contributed by atoms with E-state index in [1.807, 2.05) is 16.8 Å². The van der Waals surface area contributed by atoms with Crippen LogP contribution in [0.5, 0.6) is 5.75 Å². The van der Waals surface area contributed by atoms with Gasteiger partial charge >= 0.3 is 0 Å². The largest absolute Gasteiger partial charge is 0.483 e. The van der Waals surface area contributed by atoms with Crippen molar-refractivity contribution in [3.8, 4) is 5.75 Å². The Labute approximate surface area is 108 Å². The smallest absolute Gasteiger partial charge is 0.191 e. The fraction of sp³-hybridized carbons (Fsp3) is 0.231. The number of hydrogen-bond donors (Lipinski definition) is 1. The maximum absolute atomic E-state index is 13.7. The predicted molar refractivity (Wildman–Crippen MR) is 67.8 cm³/mol. The van der Waals surface area contributed by atoms with Crippen molar-refractivity contribution >= 4 is 11.3 Å². The fourth-order valence-corrected chi connectivity index (χ4v) is 2.24. The standard InChI is InChI=1S/C13H13F2NOS/c1-16-6-10-4-11(14)13(12(15)5-10)17-7-9-2-3-18-8-9/h2-5,8,16H,6-7H2,1H3. The molecule has 0 unspecified atom stereocenters. The molecule has 0 saturated heterocycles. The number of ether oxygens (including phenoxy) is 1. The molecule has 1 aromatic carbocycles. The number of rotatable bonds is 5. The number of hydrogen-bond acceptors (Lipinski definition) is 3. The van der Waals surface area contributed by atoms with Crippen LogP contribution in [0.15, 0.2) is 29.0 Å². The van der Waals surface area contributed by atoms with E-state index in [-0.39, 0.29) is 12.4 Å². The van der Waals surface area contributed by atoms with Crippen molar-refractivity contribution in [2.75, 3.05) is 7.05 Å². The van der Waals surface area contributed by atoms with Crippen molar-refractivity contribution in [2.24, 2.45) is 0 Å². The Morgan fingerprint density at radius 2 is 1.94 bits per heavy atom. The van der Waals surface area contributed by atoms with E-state index < -0.39 is 11.6 Å². The Balaban J connectivity index is 2.12. The molecule has 0 aliphatic rings. The topological polar surface area (TPSA) is 21.3 Å². The lowest BCUT2D eigenvalue weighted by Crippen LogP contribution is -2.07. The van der Waals surface area contributed by atoms with Gasteiger partial charge in [0.15, 0.2) is 17.4 Å². The second kappa shape index (κ2) is 5.93. The fourth-order valence-electron chi connectivity index (χ4n) is 1.59. The van der Waals surface area contributed by atoms with E-state index in [0.29, 0.717) is 12.1 Å². The van der Waals surface area contributed by atoms with E-state index in [1.54, 1.807) is 7.05 Å². The zero-order valence-electron chi connectivity index (χ0n) is 9.87. The van der Waals surface area contributed by atoms with Gasteiger partial charge in [0, 0.05) is 6.54 Å². The minimum atomic E-state index is -0.671. The number of nitrogens with one attached hydrogen (secondary N) is 1. The van der Waals surface area contributed by atoms with Crippen LogP contribution in [0.2, 0.25) is 0 Å². The van der Waals surface area contributed by atoms with Gasteiger partial charge in [0.25, 0.3) is 0 Å². The average Bonchev–Trinajstić information content (AvgIpc) is 2.81. The molecule has 0 amide bonds. The van der Waals surface area contributed by atoms with Crippen LogP contribution in [0.25, 0.3) is 0 Å². The van der Waals surface area contributed by atoms with Gasteiger partial charge in [-0.05, 0) is 47.1 Å². The maximum Gasteiger partial charge on any atom is 0.191 e. The minimum Gasteiger partial charge on any atom is -0.483 e. The van der Waals surface area contributed by atoms with E-state index in [4.69, 9.17) is 4.74 Å². The summed E-state index contributed by atoms with van der Waals surface area (Å²) in [5.41, 5.74) is 1.45. The van der Waals surface area contributed by atoms with E-state index in [9.17, 15) is 8.78 Å². The molecular formula is C13H13F2NOS. The van der Waals surface area contributed by atoms with Crippen molar-refractivity contribution in [3.05, 3.63) is 51.7 Å². The van der Waals surface area contributed by atoms with Crippen molar-refractivity contribution in [1.82, 2.24) is 5.32 Å². The summed E-state index contributed by atoms with van der Waals surface area (Å²) >= 11 is 1.52. The van der Waals surface area contributed by atoms with Gasteiger partial charge in [-0.15, -0.1) is 0 Å². The van der Waals surface area contributed by atoms with Crippen LogP contribution in [0.3, 0.4) is 0 Å². The van der Waals surface area contributed by atoms with Crippen LogP contribution in [0.4, 0.5) is 8.78 Å². The second-order valence-electron chi connectivity index (χ2n) is 3.84. The molecule has 18 heavy (non-hydrogen) atoms. The van der Waals surface area contributed by atoms with Crippen LogP contribution in [-0.2, 0) is 13.2 Å². The summed E-state index contributed by atoms with van der Waals surface area (Å²) in [6.07, 6.45) is 0. The highest BCUT2D eigenvalue weighted by molar-refractivity contribution is 7.07. The number of thiophene rings is 1. The van der Waals surface area contributed by atoms with Gasteiger partial charge in [-0.2, -0.15) is 11.3 Å². The van der Waals surface area contributed by atoms with Crippen molar-refractivity contribution in [3.63, 3.8) is 0 Å². The lowest BCUT2D eigenvalue weighted by Gasteiger charge is -2.09. The molecule has 0 aliphatic carbocycles. The Hall–Kier alpha value is -1.46. The first-order valence-electron chi connectivity index (χ1n) is 5.47. The molecule has 0 radical (unpaired) electrons. The summed E-state index contributed by atoms with van der Waals surface area (Å²) in [4.78, 5) is 0. The van der Waals surface area contributed by atoms with Gasteiger partial charge in [-0.3, -0.25) is 0 Å². The lowest BCUT2D eigenvalue weighted by atomic mass is 10.2. The molecule has 2 nitrogen and oxygen atoms in total. The Morgan fingerprint density at radius 1 is 1.22 bits per heavy atom. The molecule has 0 bridgehead atoms. The van der Waals surface area contributed by atoms with E-state index in [1.165, 1.54) is 23.5 Å². The first-order chi connectivity index (χ1) is 8.70. The number of benzene rings is 1. The highest BCUT2D eigenvalue weighted by Crippen LogP contribution is 2.24. The van der Waals surface area contributed by atoms with E-state index in [0.717, 1.165) is 5.56 Å². The van der Waals surface area contributed by atoms with Crippen LogP contribution < -0.4 is 10.1 Å². The second-order valence-corrected chi connectivity index (χ2v) is 4.62. The van der Waals surface area contributed by atoms with Gasteiger partial charge in [0.2, 0.25) is 0 Å². The van der Waals surface area contributed by atoms with Crippen LogP contribution in [-0.4, -0.2) is 7.05 Å². The third-order valence-electron chi connectivity index (χ3n) is 2.40. The quantitative estimate of drug-likeness (QED) is 0.899. The molecule has 96 valence electrons. The highest BCUT2D eigenvalue weighted by Gasteiger charge is 2.12. The first-order valence-corrected chi connectivity index (χ1v) is 6.41. The Kier molecular flexibility index (Phi) is 4.28. The van der Waals surface area contributed by atoms with Crippen molar-refractivity contribution in [2.45, 2.75) is 13.2 Å². The highest BCUT2D eigenvalue weighted by atomic mass is 32.1. The SMILES string of the molecule is CNCc1cc(F)c(OCc2ccsc2)c(F)c1. The van der Waals surface area contributed by atoms with Crippen LogP contribution in [0.1, 0.15) is 11.1 Å². The molecule has 5 heteroatoms. The van der Waals surface area contributed by atoms with Gasteiger partial charge in [0.05, 0.1) is 0 Å². The molecule has 1 aromatic heterocycles. The monoisotopic (exact) mass is 269 g/mol. The Bertz CT molecular complexity index is 491. The molecular weight excluding hydrogens is 256 g/mol. The van der Waals surface area contributed by atoms with Crippen LogP contribution in [0, 0.1) is 11.6 Å². The molecule has 1 heterocycles. The maximum atomic E-state index is 13.7. The third kappa shape index (κ3) is 3.05. The summed E-state index contributed by atoms with van der Waals surface area (Å²) in [6.45, 7) is 0.585.